The quantitative estimate of drug-likeness (QED) is 0.924. The number of nitrogens with zero attached hydrogens (tertiary/aromatic N) is 1. The van der Waals surface area contributed by atoms with Crippen LogP contribution in [0.3, 0.4) is 0 Å². The summed E-state index contributed by atoms with van der Waals surface area (Å²) in [7, 11) is 0. The Bertz CT molecular complexity index is 698. The highest BCUT2D eigenvalue weighted by molar-refractivity contribution is 7.99. The summed E-state index contributed by atoms with van der Waals surface area (Å²) >= 11 is 1.71. The fourth-order valence-electron chi connectivity index (χ4n) is 3.20. The summed E-state index contributed by atoms with van der Waals surface area (Å²) in [4.78, 5) is 17.0. The lowest BCUT2D eigenvalue weighted by atomic mass is 10.2. The number of carbonyl (C=O) groups excluding carboxylic acids is 1. The molecule has 2 aromatic carbocycles. The topological polar surface area (TPSA) is 41.6 Å². The molecule has 24 heavy (non-hydrogen) atoms. The normalized spacial score (nSPS) is 19.0. The number of hydrogen-bond acceptors (Lipinski definition) is 4. The molecule has 4 rings (SSSR count). The molecule has 4 nitrogen and oxygen atoms in total. The minimum absolute atomic E-state index is 0.0631. The fourth-order valence-corrected chi connectivity index (χ4v) is 4.26. The second kappa shape index (κ2) is 6.97. The lowest BCUT2D eigenvalue weighted by Gasteiger charge is -2.31. The van der Waals surface area contributed by atoms with Gasteiger partial charge in [0.25, 0.3) is 0 Å². The molecule has 1 fully saturated rings. The van der Waals surface area contributed by atoms with E-state index in [2.05, 4.69) is 17.4 Å². The first-order valence-electron chi connectivity index (χ1n) is 8.34. The Morgan fingerprint density at radius 1 is 1.12 bits per heavy atom. The minimum Gasteiger partial charge on any atom is -0.377 e. The molecule has 0 saturated carbocycles. The van der Waals surface area contributed by atoms with Crippen molar-refractivity contribution in [2.45, 2.75) is 28.7 Å². The number of para-hydroxylation sites is 2. The maximum Gasteiger partial charge on any atom is 0.245 e. The monoisotopic (exact) mass is 340 g/mol. The summed E-state index contributed by atoms with van der Waals surface area (Å²) in [5.41, 5.74) is 1.93. The SMILES string of the molecule is O=C(CNCC1CCCO1)N1c2ccccc2Sc2ccccc21. The molecule has 0 spiro atoms. The molecule has 124 valence electrons. The Balaban J connectivity index is 1.54. The minimum atomic E-state index is 0.0631. The highest BCUT2D eigenvalue weighted by Crippen LogP contribution is 2.47. The van der Waals surface area contributed by atoms with Crippen LogP contribution in [0.25, 0.3) is 0 Å². The molecule has 2 heterocycles. The molecule has 0 aliphatic carbocycles. The molecule has 0 bridgehead atoms. The standard InChI is InChI=1S/C19H20N2O2S/c22-19(13-20-12-14-6-5-11-23-14)21-15-7-1-3-9-17(15)24-18-10-4-2-8-16(18)21/h1-4,7-10,14,20H,5-6,11-13H2. The molecule has 5 heteroatoms. The van der Waals surface area contributed by atoms with Gasteiger partial charge in [-0.25, -0.2) is 0 Å². The number of benzene rings is 2. The first kappa shape index (κ1) is 15.7. The lowest BCUT2D eigenvalue weighted by molar-refractivity contribution is -0.117. The second-order valence-electron chi connectivity index (χ2n) is 6.03. The molecule has 1 saturated heterocycles. The van der Waals surface area contributed by atoms with Gasteiger partial charge in [0.05, 0.1) is 24.0 Å². The molecule has 0 aromatic heterocycles. The van der Waals surface area contributed by atoms with E-state index in [0.29, 0.717) is 6.54 Å². The summed E-state index contributed by atoms with van der Waals surface area (Å²) < 4.78 is 5.60. The van der Waals surface area contributed by atoms with Crippen LogP contribution >= 0.6 is 11.8 Å². The Kier molecular flexibility index (Phi) is 4.56. The van der Waals surface area contributed by atoms with Gasteiger partial charge in [0, 0.05) is 22.9 Å². The molecule has 1 amide bonds. The van der Waals surface area contributed by atoms with Gasteiger partial charge in [0.2, 0.25) is 5.91 Å². The van der Waals surface area contributed by atoms with Gasteiger partial charge in [-0.2, -0.15) is 0 Å². The predicted molar refractivity (Wildman–Crippen MR) is 96.0 cm³/mol. The smallest absolute Gasteiger partial charge is 0.245 e. The van der Waals surface area contributed by atoms with Crippen LogP contribution in [0.4, 0.5) is 11.4 Å². The van der Waals surface area contributed by atoms with Crippen molar-refractivity contribution >= 4 is 29.0 Å². The number of rotatable bonds is 4. The van der Waals surface area contributed by atoms with Crippen LogP contribution in [-0.2, 0) is 9.53 Å². The summed E-state index contributed by atoms with van der Waals surface area (Å²) in [6, 6.07) is 16.1. The molecule has 2 aliphatic heterocycles. The molecule has 1 atom stereocenters. The summed E-state index contributed by atoms with van der Waals surface area (Å²) in [6.07, 6.45) is 2.44. The fraction of sp³-hybridized carbons (Fsp3) is 0.316. The van der Waals surface area contributed by atoms with Gasteiger partial charge in [0.15, 0.2) is 0 Å². The molecule has 2 aliphatic rings. The number of carbonyl (C=O) groups is 1. The molecule has 0 radical (unpaired) electrons. The third-order valence-electron chi connectivity index (χ3n) is 4.35. The highest BCUT2D eigenvalue weighted by atomic mass is 32.2. The number of nitrogens with one attached hydrogen (secondary N) is 1. The number of fused-ring (bicyclic) bond motifs is 2. The largest absolute Gasteiger partial charge is 0.377 e. The summed E-state index contributed by atoms with van der Waals surface area (Å²) in [5.74, 6) is 0.0631. The first-order valence-corrected chi connectivity index (χ1v) is 9.16. The Morgan fingerprint density at radius 3 is 2.42 bits per heavy atom. The molecular formula is C19H20N2O2S. The van der Waals surface area contributed by atoms with Gasteiger partial charge in [-0.15, -0.1) is 0 Å². The average Bonchev–Trinajstić information content (AvgIpc) is 3.13. The molecule has 2 aromatic rings. The molecular weight excluding hydrogens is 320 g/mol. The van der Waals surface area contributed by atoms with Crippen molar-refractivity contribution in [3.05, 3.63) is 48.5 Å². The zero-order valence-corrected chi connectivity index (χ0v) is 14.2. The van der Waals surface area contributed by atoms with Gasteiger partial charge in [-0.05, 0) is 37.1 Å². The van der Waals surface area contributed by atoms with E-state index in [1.54, 1.807) is 11.8 Å². The van der Waals surface area contributed by atoms with E-state index >= 15 is 0 Å². The van der Waals surface area contributed by atoms with Gasteiger partial charge in [-0.3, -0.25) is 9.69 Å². The third-order valence-corrected chi connectivity index (χ3v) is 5.48. The van der Waals surface area contributed by atoms with E-state index in [1.165, 1.54) is 0 Å². The number of hydrogen-bond donors (Lipinski definition) is 1. The van der Waals surface area contributed by atoms with Gasteiger partial charge in [0.1, 0.15) is 0 Å². The van der Waals surface area contributed by atoms with Crippen LogP contribution in [0.2, 0.25) is 0 Å². The third kappa shape index (κ3) is 3.07. The zero-order chi connectivity index (χ0) is 16.4. The average molecular weight is 340 g/mol. The number of amides is 1. The van der Waals surface area contributed by atoms with E-state index in [9.17, 15) is 4.79 Å². The van der Waals surface area contributed by atoms with E-state index in [-0.39, 0.29) is 12.0 Å². The van der Waals surface area contributed by atoms with Crippen molar-refractivity contribution < 1.29 is 9.53 Å². The van der Waals surface area contributed by atoms with Crippen molar-refractivity contribution in [2.24, 2.45) is 0 Å². The van der Waals surface area contributed by atoms with Gasteiger partial charge in [-0.1, -0.05) is 36.0 Å². The van der Waals surface area contributed by atoms with Crippen LogP contribution in [0.15, 0.2) is 58.3 Å². The van der Waals surface area contributed by atoms with Gasteiger partial charge < -0.3 is 10.1 Å². The number of ether oxygens (including phenoxy) is 1. The van der Waals surface area contributed by atoms with Crippen molar-refractivity contribution in [3.8, 4) is 0 Å². The van der Waals surface area contributed by atoms with Crippen molar-refractivity contribution in [2.75, 3.05) is 24.6 Å². The van der Waals surface area contributed by atoms with Crippen molar-refractivity contribution in [1.29, 1.82) is 0 Å². The lowest BCUT2D eigenvalue weighted by Crippen LogP contribution is -2.39. The van der Waals surface area contributed by atoms with Gasteiger partial charge >= 0.3 is 0 Å². The molecule has 1 N–H and O–H groups in total. The van der Waals surface area contributed by atoms with Crippen LogP contribution in [0, 0.1) is 0 Å². The van der Waals surface area contributed by atoms with E-state index < -0.39 is 0 Å². The Labute approximate surface area is 146 Å². The van der Waals surface area contributed by atoms with Crippen LogP contribution in [-0.4, -0.2) is 31.7 Å². The van der Waals surface area contributed by atoms with E-state index in [1.807, 2.05) is 41.3 Å². The van der Waals surface area contributed by atoms with Crippen LogP contribution in [0.5, 0.6) is 0 Å². The summed E-state index contributed by atoms with van der Waals surface area (Å²) in [6.45, 7) is 1.88. The predicted octanol–water partition coefficient (Wildman–Crippen LogP) is 3.58. The zero-order valence-electron chi connectivity index (χ0n) is 13.4. The van der Waals surface area contributed by atoms with Crippen molar-refractivity contribution in [1.82, 2.24) is 5.32 Å². The van der Waals surface area contributed by atoms with Crippen LogP contribution < -0.4 is 10.2 Å². The molecule has 1 unspecified atom stereocenters. The summed E-state index contributed by atoms with van der Waals surface area (Å²) in [5, 5.41) is 3.26. The maximum atomic E-state index is 12.9. The van der Waals surface area contributed by atoms with Crippen LogP contribution in [0.1, 0.15) is 12.8 Å². The number of anilines is 2. The first-order chi connectivity index (χ1) is 11.8. The Hall–Kier alpha value is -1.82. The second-order valence-corrected chi connectivity index (χ2v) is 7.12. The maximum absolute atomic E-state index is 12.9. The van der Waals surface area contributed by atoms with E-state index in [0.717, 1.165) is 47.2 Å². The van der Waals surface area contributed by atoms with Crippen molar-refractivity contribution in [3.63, 3.8) is 0 Å². The Morgan fingerprint density at radius 2 is 1.79 bits per heavy atom. The van der Waals surface area contributed by atoms with E-state index in [4.69, 9.17) is 4.74 Å². The highest BCUT2D eigenvalue weighted by Gasteiger charge is 2.27.